The average molecular weight is 237 g/mol. The Morgan fingerprint density at radius 2 is 2.00 bits per heavy atom. The van der Waals surface area contributed by atoms with Crippen LogP contribution >= 0.6 is 11.3 Å². The molecule has 1 aromatic heterocycles. The summed E-state index contributed by atoms with van der Waals surface area (Å²) < 4.78 is 29.5. The van der Waals surface area contributed by atoms with Gasteiger partial charge in [0.15, 0.2) is 0 Å². The topological polar surface area (TPSA) is 97.5 Å². The van der Waals surface area contributed by atoms with Crippen LogP contribution < -0.4 is 5.73 Å². The molecule has 0 aliphatic rings. The van der Waals surface area contributed by atoms with Crippen LogP contribution in [0.1, 0.15) is 12.5 Å². The lowest BCUT2D eigenvalue weighted by molar-refractivity contribution is -0.115. The molecular formula is C7H11NO4S2. The maximum Gasteiger partial charge on any atom is 0.304 e. The minimum Gasteiger partial charge on any atom is -0.370 e. The van der Waals surface area contributed by atoms with E-state index in [9.17, 15) is 13.2 Å². The van der Waals surface area contributed by atoms with E-state index in [-0.39, 0.29) is 10.1 Å². The third-order valence-electron chi connectivity index (χ3n) is 1.05. The van der Waals surface area contributed by atoms with Crippen molar-refractivity contribution in [1.29, 1.82) is 0 Å². The molecule has 0 radical (unpaired) electrons. The van der Waals surface area contributed by atoms with Crippen LogP contribution in [-0.2, 0) is 14.9 Å². The van der Waals surface area contributed by atoms with Crippen LogP contribution in [-0.4, -0.2) is 18.9 Å². The van der Waals surface area contributed by atoms with Crippen LogP contribution in [0.25, 0.3) is 0 Å². The summed E-state index contributed by atoms with van der Waals surface area (Å²) in [5, 5.41) is 1.62. The lowest BCUT2D eigenvalue weighted by atomic mass is 10.4. The first-order chi connectivity index (χ1) is 6.25. The summed E-state index contributed by atoms with van der Waals surface area (Å²) in [5.41, 5.74) is 5.06. The van der Waals surface area contributed by atoms with Crippen LogP contribution in [0.4, 0.5) is 0 Å². The van der Waals surface area contributed by atoms with E-state index in [1.807, 2.05) is 0 Å². The fraction of sp³-hybridized carbons (Fsp3) is 0.286. The number of carbonyl (C=O) groups is 1. The molecule has 0 aromatic carbocycles. The zero-order valence-electron chi connectivity index (χ0n) is 7.72. The van der Waals surface area contributed by atoms with Gasteiger partial charge in [0.2, 0.25) is 5.91 Å². The SMILES string of the molecule is CC(N)=O.Cc1ccsc1S(=O)(=O)O. The Balaban J connectivity index is 0.000000364. The number of aryl methyl sites for hydroxylation is 1. The summed E-state index contributed by atoms with van der Waals surface area (Å²) in [6, 6.07) is 1.65. The Labute approximate surface area is 86.3 Å². The third kappa shape index (κ3) is 4.95. The van der Waals surface area contributed by atoms with Gasteiger partial charge in [0.1, 0.15) is 4.21 Å². The Morgan fingerprint density at radius 3 is 2.14 bits per heavy atom. The fourth-order valence-electron chi connectivity index (χ4n) is 0.623. The molecule has 0 unspecified atom stereocenters. The molecule has 1 heterocycles. The average Bonchev–Trinajstić information content (AvgIpc) is 2.31. The van der Waals surface area contributed by atoms with E-state index in [0.717, 1.165) is 11.3 Å². The Hall–Kier alpha value is -0.920. The molecule has 0 saturated carbocycles. The van der Waals surface area contributed by atoms with Crippen LogP contribution in [0, 0.1) is 6.92 Å². The van der Waals surface area contributed by atoms with Gasteiger partial charge < -0.3 is 5.73 Å². The van der Waals surface area contributed by atoms with Crippen molar-refractivity contribution >= 4 is 27.4 Å². The molecule has 3 N–H and O–H groups in total. The van der Waals surface area contributed by atoms with Crippen molar-refractivity contribution in [1.82, 2.24) is 0 Å². The molecule has 1 rings (SSSR count). The van der Waals surface area contributed by atoms with Crippen molar-refractivity contribution in [3.63, 3.8) is 0 Å². The zero-order chi connectivity index (χ0) is 11.4. The Kier molecular flexibility index (Phi) is 4.75. The van der Waals surface area contributed by atoms with Gasteiger partial charge in [-0.2, -0.15) is 8.42 Å². The van der Waals surface area contributed by atoms with Gasteiger partial charge in [0.25, 0.3) is 0 Å². The van der Waals surface area contributed by atoms with E-state index < -0.39 is 10.1 Å². The van der Waals surface area contributed by atoms with E-state index in [1.165, 1.54) is 6.92 Å². The zero-order valence-corrected chi connectivity index (χ0v) is 9.35. The van der Waals surface area contributed by atoms with Gasteiger partial charge >= 0.3 is 10.1 Å². The summed E-state index contributed by atoms with van der Waals surface area (Å²) in [4.78, 5) is 9.22. The minimum absolute atomic E-state index is 0.0347. The maximum absolute atomic E-state index is 10.5. The predicted octanol–water partition coefficient (Wildman–Crippen LogP) is 0.795. The van der Waals surface area contributed by atoms with Crippen LogP contribution in [0.15, 0.2) is 15.7 Å². The lowest BCUT2D eigenvalue weighted by Crippen LogP contribution is -2.01. The molecule has 0 saturated heterocycles. The van der Waals surface area contributed by atoms with Gasteiger partial charge in [-0.25, -0.2) is 0 Å². The molecule has 0 atom stereocenters. The Morgan fingerprint density at radius 1 is 1.57 bits per heavy atom. The predicted molar refractivity (Wildman–Crippen MR) is 53.7 cm³/mol. The van der Waals surface area contributed by atoms with Crippen molar-refractivity contribution in [2.75, 3.05) is 0 Å². The number of nitrogens with two attached hydrogens (primary N) is 1. The summed E-state index contributed by atoms with van der Waals surface area (Å²) in [5.74, 6) is -0.333. The summed E-state index contributed by atoms with van der Waals surface area (Å²) in [6.45, 7) is 2.94. The monoisotopic (exact) mass is 237 g/mol. The first-order valence-electron chi connectivity index (χ1n) is 3.52. The van der Waals surface area contributed by atoms with Crippen molar-refractivity contribution in [2.24, 2.45) is 5.73 Å². The summed E-state index contributed by atoms with van der Waals surface area (Å²) >= 11 is 1.02. The van der Waals surface area contributed by atoms with Gasteiger partial charge in [0, 0.05) is 6.92 Å². The number of thiophene rings is 1. The molecule has 80 valence electrons. The molecular weight excluding hydrogens is 226 g/mol. The number of amides is 1. The van der Waals surface area contributed by atoms with Crippen LogP contribution in [0.2, 0.25) is 0 Å². The second kappa shape index (κ2) is 5.08. The Bertz CT molecular complexity index is 403. The molecule has 0 aliphatic heterocycles. The first-order valence-corrected chi connectivity index (χ1v) is 5.84. The van der Waals surface area contributed by atoms with E-state index in [2.05, 4.69) is 5.73 Å². The van der Waals surface area contributed by atoms with E-state index in [4.69, 9.17) is 4.55 Å². The molecule has 1 amide bonds. The molecule has 1 aromatic rings. The van der Waals surface area contributed by atoms with Crippen molar-refractivity contribution in [2.45, 2.75) is 18.1 Å². The maximum atomic E-state index is 10.5. The number of hydrogen-bond donors (Lipinski definition) is 2. The number of primary amides is 1. The third-order valence-corrected chi connectivity index (χ3v) is 3.57. The molecule has 0 aliphatic carbocycles. The number of carbonyl (C=O) groups excluding carboxylic acids is 1. The van der Waals surface area contributed by atoms with E-state index >= 15 is 0 Å². The second-order valence-corrected chi connectivity index (χ2v) is 5.01. The highest BCUT2D eigenvalue weighted by Gasteiger charge is 2.13. The van der Waals surface area contributed by atoms with Crippen molar-refractivity contribution in [3.05, 3.63) is 17.0 Å². The van der Waals surface area contributed by atoms with Gasteiger partial charge in [-0.3, -0.25) is 9.35 Å². The van der Waals surface area contributed by atoms with Gasteiger partial charge in [0.05, 0.1) is 0 Å². The lowest BCUT2D eigenvalue weighted by Gasteiger charge is -1.90. The molecule has 0 spiro atoms. The van der Waals surface area contributed by atoms with Crippen molar-refractivity contribution in [3.8, 4) is 0 Å². The highest BCUT2D eigenvalue weighted by atomic mass is 32.3. The summed E-state index contributed by atoms with van der Waals surface area (Å²) in [7, 11) is -3.97. The number of rotatable bonds is 1. The molecule has 14 heavy (non-hydrogen) atoms. The number of hydrogen-bond acceptors (Lipinski definition) is 4. The van der Waals surface area contributed by atoms with Gasteiger partial charge in [-0.15, -0.1) is 11.3 Å². The molecule has 5 nitrogen and oxygen atoms in total. The fourth-order valence-corrected chi connectivity index (χ4v) is 2.40. The first kappa shape index (κ1) is 13.1. The highest BCUT2D eigenvalue weighted by molar-refractivity contribution is 7.88. The quantitative estimate of drug-likeness (QED) is 0.706. The van der Waals surface area contributed by atoms with E-state index in [1.54, 1.807) is 18.4 Å². The van der Waals surface area contributed by atoms with Gasteiger partial charge in [-0.1, -0.05) is 0 Å². The molecule has 0 fully saturated rings. The largest absolute Gasteiger partial charge is 0.370 e. The van der Waals surface area contributed by atoms with Crippen LogP contribution in [0.3, 0.4) is 0 Å². The minimum atomic E-state index is -3.97. The normalized spacial score (nSPS) is 10.2. The van der Waals surface area contributed by atoms with E-state index in [0.29, 0.717) is 5.56 Å². The highest BCUT2D eigenvalue weighted by Crippen LogP contribution is 2.20. The molecule has 7 heteroatoms. The van der Waals surface area contributed by atoms with Crippen LogP contribution in [0.5, 0.6) is 0 Å². The van der Waals surface area contributed by atoms with Crippen molar-refractivity contribution < 1.29 is 17.8 Å². The second-order valence-electron chi connectivity index (χ2n) is 2.48. The summed E-state index contributed by atoms with van der Waals surface area (Å²) in [6.07, 6.45) is 0. The standard InChI is InChI=1S/C5H6O3S2.C2H5NO/c1-4-2-3-9-5(4)10(6,7)8;1-2(3)4/h2-3H,1H3,(H,6,7,8);1H3,(H2,3,4). The molecule has 0 bridgehead atoms. The smallest absolute Gasteiger partial charge is 0.304 e. The van der Waals surface area contributed by atoms with Gasteiger partial charge in [-0.05, 0) is 23.9 Å².